The minimum Gasteiger partial charge on any atom is -0.282 e. The van der Waals surface area contributed by atoms with Crippen molar-refractivity contribution in [1.29, 1.82) is 0 Å². The third-order valence-corrected chi connectivity index (χ3v) is 2.17. The predicted octanol–water partition coefficient (Wildman–Crippen LogP) is 0.351. The van der Waals surface area contributed by atoms with Gasteiger partial charge in [0.25, 0.3) is 11.8 Å². The Bertz CT molecular complexity index is 437. The van der Waals surface area contributed by atoms with Crippen molar-refractivity contribution < 1.29 is 22.6 Å². The van der Waals surface area contributed by atoms with Crippen molar-refractivity contribution in [2.75, 3.05) is 0 Å². The molecule has 0 saturated heterocycles. The minimum atomic E-state index is -2.70. The molecule has 1 aliphatic heterocycles. The highest BCUT2D eigenvalue weighted by Gasteiger charge is 2.37. The monoisotopic (exact) mass is 227 g/mol. The van der Waals surface area contributed by atoms with Crippen LogP contribution in [0.3, 0.4) is 0 Å². The first-order valence-electron chi connectivity index (χ1n) is 3.88. The van der Waals surface area contributed by atoms with Gasteiger partial charge in [-0.15, -0.1) is 9.35 Å². The molecule has 0 aliphatic carbocycles. The van der Waals surface area contributed by atoms with Gasteiger partial charge in [-0.2, -0.15) is 4.21 Å². The van der Waals surface area contributed by atoms with Crippen molar-refractivity contribution in [3.8, 4) is 0 Å². The molecule has 1 heterocycles. The largest absolute Gasteiger partial charge is 0.325 e. The van der Waals surface area contributed by atoms with Crippen molar-refractivity contribution in [1.82, 2.24) is 5.06 Å². The Kier molecular flexibility index (Phi) is 2.35. The summed E-state index contributed by atoms with van der Waals surface area (Å²) < 4.78 is 23.0. The van der Waals surface area contributed by atoms with Crippen LogP contribution >= 0.6 is 0 Å². The number of fused-ring (bicyclic) bond motifs is 1. The Hall–Kier alpha value is -1.57. The molecule has 0 saturated carbocycles. The van der Waals surface area contributed by atoms with Gasteiger partial charge in [0, 0.05) is 0 Å². The average molecular weight is 227 g/mol. The molecule has 6 nitrogen and oxygen atoms in total. The summed E-state index contributed by atoms with van der Waals surface area (Å²) >= 11 is -2.70. The number of carbonyl (C=O) groups is 2. The quantitative estimate of drug-likeness (QED) is 0.582. The highest BCUT2D eigenvalue weighted by molar-refractivity contribution is 7.74. The maximum Gasteiger partial charge on any atom is 0.325 e. The number of benzene rings is 1. The lowest BCUT2D eigenvalue weighted by molar-refractivity contribution is -0.0112. The number of imide groups is 1. The van der Waals surface area contributed by atoms with Crippen LogP contribution in [0, 0.1) is 0 Å². The zero-order valence-corrected chi connectivity index (χ0v) is 8.06. The number of hydroxylamine groups is 2. The van der Waals surface area contributed by atoms with E-state index in [2.05, 4.69) is 4.28 Å². The fourth-order valence-corrected chi connectivity index (χ4v) is 1.56. The summed E-state index contributed by atoms with van der Waals surface area (Å²) in [5.41, 5.74) is 0.320. The third-order valence-electron chi connectivity index (χ3n) is 1.90. The van der Waals surface area contributed by atoms with Crippen molar-refractivity contribution in [3.63, 3.8) is 0 Å². The summed E-state index contributed by atoms with van der Waals surface area (Å²) in [7, 11) is 0. The first-order valence-corrected chi connectivity index (χ1v) is 4.91. The van der Waals surface area contributed by atoms with Crippen molar-refractivity contribution in [2.45, 2.75) is 0 Å². The Morgan fingerprint density at radius 2 is 1.60 bits per heavy atom. The molecule has 0 bridgehead atoms. The highest BCUT2D eigenvalue weighted by atomic mass is 32.2. The van der Waals surface area contributed by atoms with Gasteiger partial charge in [-0.25, -0.2) is 0 Å². The van der Waals surface area contributed by atoms with Gasteiger partial charge in [-0.3, -0.25) is 14.1 Å². The minimum absolute atomic E-state index is 0.160. The van der Waals surface area contributed by atoms with Crippen LogP contribution in [0.1, 0.15) is 20.7 Å². The van der Waals surface area contributed by atoms with E-state index in [1.54, 1.807) is 12.1 Å². The molecule has 0 spiro atoms. The van der Waals surface area contributed by atoms with Gasteiger partial charge in [0.2, 0.25) is 0 Å². The molecule has 2 rings (SSSR count). The maximum atomic E-state index is 11.5. The van der Waals surface area contributed by atoms with Gasteiger partial charge in [-0.05, 0) is 12.1 Å². The first kappa shape index (κ1) is 9.97. The summed E-state index contributed by atoms with van der Waals surface area (Å²) in [5, 5.41) is 0.279. The highest BCUT2D eigenvalue weighted by Crippen LogP contribution is 2.22. The summed E-state index contributed by atoms with van der Waals surface area (Å²) in [6.07, 6.45) is 0. The molecular weight excluding hydrogens is 222 g/mol. The van der Waals surface area contributed by atoms with Crippen LogP contribution in [-0.4, -0.2) is 25.6 Å². The van der Waals surface area contributed by atoms with Crippen LogP contribution in [-0.2, 0) is 15.6 Å². The summed E-state index contributed by atoms with van der Waals surface area (Å²) in [6.45, 7) is 0. The molecule has 0 fully saturated rings. The van der Waals surface area contributed by atoms with Crippen molar-refractivity contribution in [2.24, 2.45) is 0 Å². The van der Waals surface area contributed by atoms with Gasteiger partial charge in [0.15, 0.2) is 0 Å². The van der Waals surface area contributed by atoms with Crippen molar-refractivity contribution >= 4 is 23.2 Å². The van der Waals surface area contributed by atoms with Gasteiger partial charge >= 0.3 is 11.4 Å². The molecule has 0 aromatic heterocycles. The molecule has 1 aromatic rings. The van der Waals surface area contributed by atoms with E-state index in [9.17, 15) is 13.8 Å². The van der Waals surface area contributed by atoms with Crippen LogP contribution in [0.5, 0.6) is 0 Å². The molecule has 2 amide bonds. The molecule has 1 aromatic carbocycles. The smallest absolute Gasteiger partial charge is 0.282 e. The molecule has 1 atom stereocenters. The lowest BCUT2D eigenvalue weighted by Crippen LogP contribution is -2.30. The fraction of sp³-hybridized carbons (Fsp3) is 0. The van der Waals surface area contributed by atoms with Crippen LogP contribution < -0.4 is 0 Å². The second-order valence-corrected chi connectivity index (χ2v) is 3.33. The number of nitrogens with zero attached hydrogens (tertiary/aromatic N) is 1. The predicted molar refractivity (Wildman–Crippen MR) is 48.8 cm³/mol. The zero-order valence-electron chi connectivity index (χ0n) is 7.25. The van der Waals surface area contributed by atoms with Crippen molar-refractivity contribution in [3.05, 3.63) is 35.4 Å². The zero-order chi connectivity index (χ0) is 11.0. The number of amides is 2. The van der Waals surface area contributed by atoms with E-state index in [-0.39, 0.29) is 16.2 Å². The fourth-order valence-electron chi connectivity index (χ4n) is 1.30. The van der Waals surface area contributed by atoms with E-state index in [0.717, 1.165) is 0 Å². The number of hydrogen-bond donors (Lipinski definition) is 1. The van der Waals surface area contributed by atoms with Gasteiger partial charge in [-0.1, -0.05) is 12.1 Å². The topological polar surface area (TPSA) is 83.9 Å². The molecule has 0 radical (unpaired) electrons. The summed E-state index contributed by atoms with van der Waals surface area (Å²) in [4.78, 5) is 23.0. The lowest BCUT2D eigenvalue weighted by Gasteiger charge is -2.07. The van der Waals surface area contributed by atoms with Gasteiger partial charge in [0.1, 0.15) is 0 Å². The van der Waals surface area contributed by atoms with E-state index < -0.39 is 23.2 Å². The molecule has 1 unspecified atom stereocenters. The number of rotatable bonds is 2. The molecular formula is C8H5NO5S. The average Bonchev–Trinajstić information content (AvgIpc) is 2.44. The SMILES string of the molecule is O=C1c2ccccc2C(=O)N1OS(=O)O. The first-order chi connectivity index (χ1) is 7.11. The second kappa shape index (κ2) is 3.54. The lowest BCUT2D eigenvalue weighted by atomic mass is 10.1. The van der Waals surface area contributed by atoms with Gasteiger partial charge in [0.05, 0.1) is 11.1 Å². The molecule has 1 N–H and O–H groups in total. The molecule has 7 heteroatoms. The second-order valence-electron chi connectivity index (χ2n) is 2.74. The molecule has 78 valence electrons. The summed E-state index contributed by atoms with van der Waals surface area (Å²) in [6, 6.07) is 6.06. The standard InChI is InChI=1S/C8H5NO5S/c10-7-5-3-1-2-4-6(5)8(11)9(7)14-15(12)13/h1-4H,(H,12,13). The molecule has 1 aliphatic rings. The van der Waals surface area contributed by atoms with E-state index in [4.69, 9.17) is 4.55 Å². The third kappa shape index (κ3) is 1.56. The van der Waals surface area contributed by atoms with Crippen LogP contribution in [0.2, 0.25) is 0 Å². The Balaban J connectivity index is 2.41. The van der Waals surface area contributed by atoms with E-state index >= 15 is 0 Å². The number of carbonyl (C=O) groups excluding carboxylic acids is 2. The number of hydrogen-bond acceptors (Lipinski definition) is 4. The Morgan fingerprint density at radius 3 is 2.00 bits per heavy atom. The van der Waals surface area contributed by atoms with E-state index in [1.165, 1.54) is 12.1 Å². The normalized spacial score (nSPS) is 16.7. The van der Waals surface area contributed by atoms with Crippen LogP contribution in [0.4, 0.5) is 0 Å². The summed E-state index contributed by atoms with van der Waals surface area (Å²) in [5.74, 6) is -1.48. The van der Waals surface area contributed by atoms with E-state index in [0.29, 0.717) is 0 Å². The Morgan fingerprint density at radius 1 is 1.13 bits per heavy atom. The maximum absolute atomic E-state index is 11.5. The van der Waals surface area contributed by atoms with E-state index in [1.807, 2.05) is 0 Å². The van der Waals surface area contributed by atoms with Crippen LogP contribution in [0.25, 0.3) is 0 Å². The Labute approximate surface area is 86.9 Å². The molecule has 15 heavy (non-hydrogen) atoms. The van der Waals surface area contributed by atoms with Crippen LogP contribution in [0.15, 0.2) is 24.3 Å². The van der Waals surface area contributed by atoms with Gasteiger partial charge < -0.3 is 0 Å².